The van der Waals surface area contributed by atoms with E-state index in [9.17, 15) is 9.18 Å². The van der Waals surface area contributed by atoms with Gasteiger partial charge in [0.2, 0.25) is 5.91 Å². The van der Waals surface area contributed by atoms with Gasteiger partial charge in [-0.2, -0.15) is 0 Å². The normalized spacial score (nSPS) is 27.0. The summed E-state index contributed by atoms with van der Waals surface area (Å²) in [4.78, 5) is 15.6. The lowest BCUT2D eigenvalue weighted by Crippen LogP contribution is -2.42. The Kier molecular flexibility index (Phi) is 5.48. The average molecular weight is 336 g/mol. The molecule has 0 unspecified atom stereocenters. The molecule has 2 heterocycles. The largest absolute Gasteiger partial charge is 0.374 e. The highest BCUT2D eigenvalue weighted by Crippen LogP contribution is 2.31. The number of benzene rings is 1. The molecule has 1 aromatic carbocycles. The van der Waals surface area contributed by atoms with Gasteiger partial charge in [-0.15, -0.1) is 0 Å². The molecule has 6 heteroatoms. The fourth-order valence-electron chi connectivity index (χ4n) is 3.51. The lowest BCUT2D eigenvalue weighted by Gasteiger charge is -2.32. The van der Waals surface area contributed by atoms with Crippen molar-refractivity contribution in [3.05, 3.63) is 35.6 Å². The van der Waals surface area contributed by atoms with Crippen molar-refractivity contribution < 1.29 is 18.7 Å². The zero-order valence-corrected chi connectivity index (χ0v) is 14.3. The zero-order valence-electron chi connectivity index (χ0n) is 14.3. The lowest BCUT2D eigenvalue weighted by molar-refractivity contribution is -0.139. The van der Waals surface area contributed by atoms with Crippen molar-refractivity contribution in [3.63, 3.8) is 0 Å². The van der Waals surface area contributed by atoms with Gasteiger partial charge in [0.25, 0.3) is 0 Å². The molecule has 0 spiro atoms. The van der Waals surface area contributed by atoms with Crippen LogP contribution in [-0.2, 0) is 20.8 Å². The maximum absolute atomic E-state index is 13.4. The summed E-state index contributed by atoms with van der Waals surface area (Å²) in [6, 6.07) is 6.97. The fraction of sp³-hybridized carbons (Fsp3) is 0.611. The van der Waals surface area contributed by atoms with Crippen LogP contribution in [0.3, 0.4) is 0 Å². The Bertz CT molecular complexity index is 581. The number of rotatable bonds is 5. The molecule has 5 nitrogen and oxygen atoms in total. The van der Waals surface area contributed by atoms with Gasteiger partial charge in [0.15, 0.2) is 0 Å². The van der Waals surface area contributed by atoms with Gasteiger partial charge < -0.3 is 14.4 Å². The second-order valence-electron chi connectivity index (χ2n) is 6.74. The van der Waals surface area contributed by atoms with Crippen molar-refractivity contribution in [1.29, 1.82) is 0 Å². The molecule has 0 radical (unpaired) electrons. The number of likely N-dealkylation sites (N-methyl/N-ethyl adjacent to an activating group) is 1. The number of carbonyl (C=O) groups is 1. The summed E-state index contributed by atoms with van der Waals surface area (Å²) in [6.07, 6.45) is 1.93. The lowest BCUT2D eigenvalue weighted by atomic mass is 10.0. The molecule has 3 rings (SSSR count). The van der Waals surface area contributed by atoms with E-state index in [1.54, 1.807) is 26.2 Å². The standard InChI is InChI=1S/C18H25FN2O3/c1-20(2)17(22)12-24-16-11-21(15-7-4-8-23-18(15)16)10-13-5-3-6-14(19)9-13/h3,5-6,9,15-16,18H,4,7-8,10-12H2,1-2H3/t15-,16+,18+/m0/s1. The predicted molar refractivity (Wildman–Crippen MR) is 88.0 cm³/mol. The van der Waals surface area contributed by atoms with Gasteiger partial charge in [-0.25, -0.2) is 4.39 Å². The average Bonchev–Trinajstić information content (AvgIpc) is 2.90. The van der Waals surface area contributed by atoms with Gasteiger partial charge >= 0.3 is 0 Å². The molecule has 24 heavy (non-hydrogen) atoms. The van der Waals surface area contributed by atoms with Crippen LogP contribution < -0.4 is 0 Å². The minimum atomic E-state index is -0.215. The van der Waals surface area contributed by atoms with Gasteiger partial charge in [-0.1, -0.05) is 12.1 Å². The van der Waals surface area contributed by atoms with Gasteiger partial charge in [-0.05, 0) is 30.5 Å². The van der Waals surface area contributed by atoms with E-state index in [4.69, 9.17) is 9.47 Å². The molecule has 1 aromatic rings. The first kappa shape index (κ1) is 17.3. The number of hydrogen-bond donors (Lipinski definition) is 0. The van der Waals surface area contributed by atoms with Crippen LogP contribution in [0, 0.1) is 5.82 Å². The van der Waals surface area contributed by atoms with Gasteiger partial charge in [-0.3, -0.25) is 9.69 Å². The number of fused-ring (bicyclic) bond motifs is 1. The number of halogens is 1. The molecular weight excluding hydrogens is 311 g/mol. The molecule has 2 saturated heterocycles. The predicted octanol–water partition coefficient (Wildman–Crippen LogP) is 1.66. The van der Waals surface area contributed by atoms with Crippen LogP contribution >= 0.6 is 0 Å². The zero-order chi connectivity index (χ0) is 17.1. The van der Waals surface area contributed by atoms with Crippen LogP contribution in [0.15, 0.2) is 24.3 Å². The van der Waals surface area contributed by atoms with Crippen LogP contribution in [0.25, 0.3) is 0 Å². The molecule has 2 aliphatic rings. The van der Waals surface area contributed by atoms with Gasteiger partial charge in [0, 0.05) is 39.8 Å². The third kappa shape index (κ3) is 3.94. The molecular formula is C18H25FN2O3. The molecule has 2 aliphatic heterocycles. The van der Waals surface area contributed by atoms with Crippen molar-refractivity contribution in [2.75, 3.05) is 33.9 Å². The quantitative estimate of drug-likeness (QED) is 0.820. The highest BCUT2D eigenvalue weighted by atomic mass is 19.1. The molecule has 0 N–H and O–H groups in total. The summed E-state index contributed by atoms with van der Waals surface area (Å²) in [5, 5.41) is 0. The van der Waals surface area contributed by atoms with Gasteiger partial charge in [0.1, 0.15) is 18.5 Å². The summed E-state index contributed by atoms with van der Waals surface area (Å²) < 4.78 is 25.2. The molecule has 0 aliphatic carbocycles. The van der Waals surface area contributed by atoms with Gasteiger partial charge in [0.05, 0.1) is 6.10 Å². The first-order chi connectivity index (χ1) is 11.5. The Labute approximate surface area is 142 Å². The highest BCUT2D eigenvalue weighted by Gasteiger charge is 2.44. The Morgan fingerprint density at radius 1 is 1.46 bits per heavy atom. The SMILES string of the molecule is CN(C)C(=O)CO[C@@H]1CN(Cc2cccc(F)c2)[C@H]2CCCO[C@@H]12. The number of carbonyl (C=O) groups excluding carboxylic acids is 1. The Morgan fingerprint density at radius 3 is 3.04 bits per heavy atom. The second-order valence-corrected chi connectivity index (χ2v) is 6.74. The summed E-state index contributed by atoms with van der Waals surface area (Å²) in [5.74, 6) is -0.265. The number of likely N-dealkylation sites (tertiary alicyclic amines) is 1. The van der Waals surface area contributed by atoms with Crippen molar-refractivity contribution in [1.82, 2.24) is 9.80 Å². The molecule has 0 aromatic heterocycles. The van der Waals surface area contributed by atoms with Crippen LogP contribution in [0.2, 0.25) is 0 Å². The van der Waals surface area contributed by atoms with E-state index in [1.807, 2.05) is 6.07 Å². The first-order valence-electron chi connectivity index (χ1n) is 8.46. The molecule has 3 atom stereocenters. The number of ether oxygens (including phenoxy) is 2. The molecule has 2 fully saturated rings. The molecule has 132 valence electrons. The Hall–Kier alpha value is -1.50. The van der Waals surface area contributed by atoms with Crippen LogP contribution in [-0.4, -0.2) is 67.8 Å². The van der Waals surface area contributed by atoms with Crippen LogP contribution in [0.4, 0.5) is 4.39 Å². The first-order valence-corrected chi connectivity index (χ1v) is 8.46. The number of amides is 1. The Morgan fingerprint density at radius 2 is 2.29 bits per heavy atom. The summed E-state index contributed by atoms with van der Waals surface area (Å²) in [6.45, 7) is 2.17. The molecule has 0 saturated carbocycles. The topological polar surface area (TPSA) is 42.0 Å². The van der Waals surface area contributed by atoms with E-state index < -0.39 is 0 Å². The maximum atomic E-state index is 13.4. The molecule has 1 amide bonds. The van der Waals surface area contributed by atoms with Crippen LogP contribution in [0.1, 0.15) is 18.4 Å². The number of hydrogen-bond acceptors (Lipinski definition) is 4. The van der Waals surface area contributed by atoms with E-state index in [1.165, 1.54) is 11.0 Å². The van der Waals surface area contributed by atoms with Crippen molar-refractivity contribution in [2.24, 2.45) is 0 Å². The minimum Gasteiger partial charge on any atom is -0.374 e. The van der Waals surface area contributed by atoms with Crippen molar-refractivity contribution >= 4 is 5.91 Å². The molecule has 0 bridgehead atoms. The monoisotopic (exact) mass is 336 g/mol. The summed E-state index contributed by atoms with van der Waals surface area (Å²) >= 11 is 0. The van der Waals surface area contributed by atoms with E-state index in [-0.39, 0.29) is 36.6 Å². The van der Waals surface area contributed by atoms with E-state index in [0.29, 0.717) is 13.1 Å². The maximum Gasteiger partial charge on any atom is 0.248 e. The van der Waals surface area contributed by atoms with E-state index in [0.717, 1.165) is 25.0 Å². The van der Waals surface area contributed by atoms with Crippen LogP contribution in [0.5, 0.6) is 0 Å². The van der Waals surface area contributed by atoms with E-state index >= 15 is 0 Å². The van der Waals surface area contributed by atoms with Crippen molar-refractivity contribution in [3.8, 4) is 0 Å². The Balaban J connectivity index is 1.66. The van der Waals surface area contributed by atoms with Crippen molar-refractivity contribution in [2.45, 2.75) is 37.6 Å². The smallest absolute Gasteiger partial charge is 0.248 e. The second kappa shape index (κ2) is 7.59. The fourth-order valence-corrected chi connectivity index (χ4v) is 3.51. The summed E-state index contributed by atoms with van der Waals surface area (Å²) in [5.41, 5.74) is 0.948. The highest BCUT2D eigenvalue weighted by molar-refractivity contribution is 5.76. The third-order valence-electron chi connectivity index (χ3n) is 4.78. The number of nitrogens with zero attached hydrogens (tertiary/aromatic N) is 2. The summed E-state index contributed by atoms with van der Waals surface area (Å²) in [7, 11) is 3.44. The van der Waals surface area contributed by atoms with E-state index in [2.05, 4.69) is 4.90 Å². The third-order valence-corrected chi connectivity index (χ3v) is 4.78. The minimum absolute atomic E-state index is 0.0118.